The van der Waals surface area contributed by atoms with Crippen LogP contribution in [0.25, 0.3) is 0 Å². The summed E-state index contributed by atoms with van der Waals surface area (Å²) in [6.07, 6.45) is 8.22. The number of nitrogens with zero attached hydrogens (tertiary/aromatic N) is 2. The maximum Gasteiger partial charge on any atom is 0.410 e. The van der Waals surface area contributed by atoms with Crippen molar-refractivity contribution in [1.29, 1.82) is 0 Å². The summed E-state index contributed by atoms with van der Waals surface area (Å²) >= 11 is 1.51. The summed E-state index contributed by atoms with van der Waals surface area (Å²) < 4.78 is 11.3. The third-order valence-electron chi connectivity index (χ3n) is 6.20. The molecule has 0 unspecified atom stereocenters. The summed E-state index contributed by atoms with van der Waals surface area (Å²) in [4.78, 5) is 18.1. The van der Waals surface area contributed by atoms with Crippen LogP contribution >= 0.6 is 11.3 Å². The lowest BCUT2D eigenvalue weighted by Gasteiger charge is -2.31. The number of amides is 1. The maximum atomic E-state index is 12.2. The molecule has 0 spiro atoms. The van der Waals surface area contributed by atoms with Crippen LogP contribution in [0.15, 0.2) is 35.2 Å². The molecule has 0 radical (unpaired) electrons. The summed E-state index contributed by atoms with van der Waals surface area (Å²) in [6.45, 7) is 2.52. The maximum absolute atomic E-state index is 12.2. The molecular formula is C23H30N2O3S. The largest absolute Gasteiger partial charge is 0.494 e. The molecule has 0 atom stereocenters. The molecule has 4 rings (SSSR count). The first kappa shape index (κ1) is 20.2. The average Bonchev–Trinajstić information content (AvgIpc) is 3.47. The quantitative estimate of drug-likeness (QED) is 0.590. The van der Waals surface area contributed by atoms with Crippen LogP contribution in [-0.2, 0) is 11.3 Å². The highest BCUT2D eigenvalue weighted by Gasteiger charge is 2.24. The number of carbonyl (C=O) groups excluding carboxylic acids is 1. The van der Waals surface area contributed by atoms with Crippen LogP contribution in [0.1, 0.15) is 62.1 Å². The van der Waals surface area contributed by atoms with Crippen molar-refractivity contribution < 1.29 is 14.3 Å². The van der Waals surface area contributed by atoms with Gasteiger partial charge in [-0.2, -0.15) is 0 Å². The first-order chi connectivity index (χ1) is 14.3. The van der Waals surface area contributed by atoms with E-state index in [1.165, 1.54) is 42.6 Å². The Morgan fingerprint density at radius 1 is 1.10 bits per heavy atom. The van der Waals surface area contributed by atoms with Crippen LogP contribution < -0.4 is 4.74 Å². The molecule has 1 saturated heterocycles. The second kappa shape index (κ2) is 10.1. The van der Waals surface area contributed by atoms with Crippen molar-refractivity contribution in [2.45, 2.75) is 57.5 Å². The fourth-order valence-corrected chi connectivity index (χ4v) is 4.92. The fourth-order valence-electron chi connectivity index (χ4n) is 4.38. The summed E-state index contributed by atoms with van der Waals surface area (Å²) in [7, 11) is 0. The molecule has 0 N–H and O–H groups in total. The van der Waals surface area contributed by atoms with Crippen LogP contribution in [-0.4, -0.2) is 35.7 Å². The van der Waals surface area contributed by atoms with Crippen molar-refractivity contribution >= 4 is 17.4 Å². The molecule has 2 aromatic rings. The summed E-state index contributed by atoms with van der Waals surface area (Å²) in [5.41, 5.74) is 4.02. The van der Waals surface area contributed by atoms with Gasteiger partial charge >= 0.3 is 6.09 Å². The molecule has 5 nitrogen and oxygen atoms in total. The molecule has 1 aromatic carbocycles. The zero-order valence-corrected chi connectivity index (χ0v) is 17.7. The van der Waals surface area contributed by atoms with Gasteiger partial charge in [-0.3, -0.25) is 0 Å². The Morgan fingerprint density at radius 3 is 2.55 bits per heavy atom. The third kappa shape index (κ3) is 5.72. The Hall–Kier alpha value is -2.08. The molecular weight excluding hydrogens is 384 g/mol. The second-order valence-electron chi connectivity index (χ2n) is 8.15. The Kier molecular flexibility index (Phi) is 7.04. The van der Waals surface area contributed by atoms with Gasteiger partial charge in [-0.05, 0) is 61.6 Å². The van der Waals surface area contributed by atoms with Crippen LogP contribution in [0.2, 0.25) is 0 Å². The number of carbonyl (C=O) groups is 1. The summed E-state index contributed by atoms with van der Waals surface area (Å²) in [6, 6.07) is 8.71. The van der Waals surface area contributed by atoms with Gasteiger partial charge < -0.3 is 14.4 Å². The standard InChI is InChI=1S/C23H30N2O3S/c26-23(28-15-21-16-29-17-24-21)25-12-9-18(10-13-25)11-14-27-22-7-5-20(6-8-22)19-3-1-2-4-19/h5-8,16-19H,1-4,9-15H2. The van der Waals surface area contributed by atoms with E-state index in [-0.39, 0.29) is 12.7 Å². The molecule has 1 aliphatic carbocycles. The number of aromatic nitrogens is 1. The number of likely N-dealkylation sites (tertiary alicyclic amines) is 1. The topological polar surface area (TPSA) is 51.7 Å². The van der Waals surface area contributed by atoms with E-state index in [9.17, 15) is 4.79 Å². The van der Waals surface area contributed by atoms with Crippen LogP contribution in [0.5, 0.6) is 5.75 Å². The third-order valence-corrected chi connectivity index (χ3v) is 6.84. The van der Waals surface area contributed by atoms with Crippen molar-refractivity contribution in [3.05, 3.63) is 46.4 Å². The van der Waals surface area contributed by atoms with Gasteiger partial charge in [0.1, 0.15) is 12.4 Å². The van der Waals surface area contributed by atoms with Crippen molar-refractivity contribution in [3.63, 3.8) is 0 Å². The number of ether oxygens (including phenoxy) is 2. The van der Waals surface area contributed by atoms with Gasteiger partial charge in [0, 0.05) is 18.5 Å². The van der Waals surface area contributed by atoms with Crippen LogP contribution in [0, 0.1) is 5.92 Å². The lowest BCUT2D eigenvalue weighted by Crippen LogP contribution is -2.39. The lowest BCUT2D eigenvalue weighted by molar-refractivity contribution is 0.0792. The monoisotopic (exact) mass is 414 g/mol. The number of benzene rings is 1. The van der Waals surface area contributed by atoms with E-state index in [4.69, 9.17) is 9.47 Å². The number of hydrogen-bond donors (Lipinski definition) is 0. The Bertz CT molecular complexity index is 749. The predicted octanol–water partition coefficient (Wildman–Crippen LogP) is 5.62. The highest BCUT2D eigenvalue weighted by atomic mass is 32.1. The van der Waals surface area contributed by atoms with Crippen molar-refractivity contribution in [2.75, 3.05) is 19.7 Å². The summed E-state index contributed by atoms with van der Waals surface area (Å²) in [5, 5.41) is 1.90. The van der Waals surface area contributed by atoms with Gasteiger partial charge in [-0.1, -0.05) is 25.0 Å². The molecule has 6 heteroatoms. The van der Waals surface area contributed by atoms with Gasteiger partial charge in [0.2, 0.25) is 0 Å². The van der Waals surface area contributed by atoms with E-state index in [1.807, 2.05) is 10.3 Å². The predicted molar refractivity (Wildman–Crippen MR) is 114 cm³/mol. The lowest BCUT2D eigenvalue weighted by atomic mass is 9.94. The average molecular weight is 415 g/mol. The number of hydrogen-bond acceptors (Lipinski definition) is 5. The van der Waals surface area contributed by atoms with Gasteiger partial charge in [-0.25, -0.2) is 9.78 Å². The van der Waals surface area contributed by atoms with Crippen molar-refractivity contribution in [3.8, 4) is 5.75 Å². The molecule has 2 heterocycles. The number of piperidine rings is 1. The normalized spacial score (nSPS) is 18.1. The van der Waals surface area contributed by atoms with Crippen LogP contribution in [0.3, 0.4) is 0 Å². The minimum Gasteiger partial charge on any atom is -0.494 e. The van der Waals surface area contributed by atoms with E-state index in [0.29, 0.717) is 5.92 Å². The Labute approximate surface area is 177 Å². The van der Waals surface area contributed by atoms with E-state index < -0.39 is 0 Å². The van der Waals surface area contributed by atoms with E-state index in [2.05, 4.69) is 29.2 Å². The molecule has 2 aliphatic rings. The van der Waals surface area contributed by atoms with Crippen LogP contribution in [0.4, 0.5) is 4.79 Å². The first-order valence-electron chi connectivity index (χ1n) is 10.8. The number of thiazole rings is 1. The zero-order valence-electron chi connectivity index (χ0n) is 16.9. The van der Waals surface area contributed by atoms with E-state index in [1.54, 1.807) is 5.51 Å². The highest BCUT2D eigenvalue weighted by molar-refractivity contribution is 7.07. The minimum absolute atomic E-state index is 0.227. The molecule has 1 saturated carbocycles. The SMILES string of the molecule is O=C(OCc1cscn1)N1CCC(CCOc2ccc(C3CCCC3)cc2)CC1. The molecule has 0 bridgehead atoms. The van der Waals surface area contributed by atoms with Gasteiger partial charge in [-0.15, -0.1) is 11.3 Å². The second-order valence-corrected chi connectivity index (χ2v) is 8.87. The Balaban J connectivity index is 1.12. The smallest absolute Gasteiger partial charge is 0.410 e. The minimum atomic E-state index is -0.227. The van der Waals surface area contributed by atoms with Gasteiger partial charge in [0.25, 0.3) is 0 Å². The Morgan fingerprint density at radius 2 is 1.86 bits per heavy atom. The first-order valence-corrected chi connectivity index (χ1v) is 11.7. The zero-order chi connectivity index (χ0) is 19.9. The van der Waals surface area contributed by atoms with E-state index in [0.717, 1.165) is 56.3 Å². The van der Waals surface area contributed by atoms with Crippen molar-refractivity contribution in [1.82, 2.24) is 9.88 Å². The molecule has 1 amide bonds. The van der Waals surface area contributed by atoms with Gasteiger partial charge in [0.15, 0.2) is 0 Å². The molecule has 1 aromatic heterocycles. The number of rotatable bonds is 7. The molecule has 29 heavy (non-hydrogen) atoms. The summed E-state index contributed by atoms with van der Waals surface area (Å²) in [5.74, 6) is 2.33. The highest BCUT2D eigenvalue weighted by Crippen LogP contribution is 2.34. The van der Waals surface area contributed by atoms with Gasteiger partial charge in [0.05, 0.1) is 17.8 Å². The molecule has 2 fully saturated rings. The molecule has 156 valence electrons. The van der Waals surface area contributed by atoms with Crippen molar-refractivity contribution in [2.24, 2.45) is 5.92 Å². The molecule has 1 aliphatic heterocycles. The van der Waals surface area contributed by atoms with E-state index >= 15 is 0 Å². The fraction of sp³-hybridized carbons (Fsp3) is 0.565.